The summed E-state index contributed by atoms with van der Waals surface area (Å²) in [6.45, 7) is 5.90. The van der Waals surface area contributed by atoms with Crippen molar-refractivity contribution in [1.82, 2.24) is 25.0 Å². The lowest BCUT2D eigenvalue weighted by atomic mass is 10.1. The summed E-state index contributed by atoms with van der Waals surface area (Å²) >= 11 is -1.11. The Bertz CT molecular complexity index is 1110. The number of allylic oxidation sites excluding steroid dienone is 2. The molecule has 2 aromatic rings. The fourth-order valence-corrected chi connectivity index (χ4v) is 4.96. The number of rotatable bonds is 2. The summed E-state index contributed by atoms with van der Waals surface area (Å²) in [6.07, 6.45) is 6.75. The largest absolute Gasteiger partial charge is 0.616 e. The van der Waals surface area contributed by atoms with Crippen LogP contribution < -0.4 is 10.6 Å². The number of pyridine rings is 1. The summed E-state index contributed by atoms with van der Waals surface area (Å²) in [7, 11) is 1.88. The van der Waals surface area contributed by atoms with E-state index in [2.05, 4.69) is 27.3 Å². The van der Waals surface area contributed by atoms with Crippen LogP contribution in [0.15, 0.2) is 43.3 Å². The third-order valence-electron chi connectivity index (χ3n) is 5.90. The SMILES string of the molecule is C=C/C1=C\N(C)CC[S+]([O-])CCNC(=O)c2nn(C3CCOCC3)cc2NC(=O)c2cccc1n2. The summed E-state index contributed by atoms with van der Waals surface area (Å²) in [5.41, 5.74) is 1.94. The van der Waals surface area contributed by atoms with Crippen LogP contribution in [0.4, 0.5) is 5.69 Å². The smallest absolute Gasteiger partial charge is 0.274 e. The van der Waals surface area contributed by atoms with Crippen LogP contribution in [0.5, 0.6) is 0 Å². The molecule has 0 spiro atoms. The molecule has 2 aromatic heterocycles. The monoisotopic (exact) mass is 498 g/mol. The zero-order valence-corrected chi connectivity index (χ0v) is 20.6. The van der Waals surface area contributed by atoms with E-state index in [0.717, 1.165) is 18.4 Å². The van der Waals surface area contributed by atoms with Gasteiger partial charge in [-0.2, -0.15) is 5.10 Å². The van der Waals surface area contributed by atoms with Gasteiger partial charge in [-0.15, -0.1) is 0 Å². The van der Waals surface area contributed by atoms with Gasteiger partial charge in [-0.1, -0.05) is 29.9 Å². The molecule has 0 radical (unpaired) electrons. The Morgan fingerprint density at radius 2 is 1.97 bits per heavy atom. The molecule has 2 amide bonds. The van der Waals surface area contributed by atoms with Gasteiger partial charge >= 0.3 is 0 Å². The van der Waals surface area contributed by atoms with Crippen LogP contribution in [0, 0.1) is 0 Å². The first-order chi connectivity index (χ1) is 16.9. The molecule has 35 heavy (non-hydrogen) atoms. The van der Waals surface area contributed by atoms with Gasteiger partial charge in [0.15, 0.2) is 5.69 Å². The summed E-state index contributed by atoms with van der Waals surface area (Å²) in [4.78, 5) is 32.5. The molecule has 0 aliphatic carbocycles. The Kier molecular flexibility index (Phi) is 8.21. The Morgan fingerprint density at radius 1 is 1.20 bits per heavy atom. The molecule has 186 valence electrons. The van der Waals surface area contributed by atoms with Crippen LogP contribution in [-0.4, -0.2) is 80.9 Å². The molecular formula is C24H30N6O4S. The maximum absolute atomic E-state index is 13.1. The summed E-state index contributed by atoms with van der Waals surface area (Å²) in [6, 6.07) is 5.23. The van der Waals surface area contributed by atoms with E-state index >= 15 is 0 Å². The number of carbonyl (C=O) groups excluding carboxylic acids is 2. The molecule has 0 saturated carbocycles. The van der Waals surface area contributed by atoms with E-state index in [1.165, 1.54) is 0 Å². The first-order valence-electron chi connectivity index (χ1n) is 11.6. The van der Waals surface area contributed by atoms with Gasteiger partial charge in [0, 0.05) is 38.2 Å². The molecule has 2 aliphatic rings. The lowest BCUT2D eigenvalue weighted by molar-refractivity contribution is 0.0660. The van der Waals surface area contributed by atoms with Crippen LogP contribution in [0.1, 0.15) is 45.6 Å². The number of amides is 2. The fraction of sp³-hybridized carbons (Fsp3) is 0.417. The number of ether oxygens (including phenoxy) is 1. The minimum absolute atomic E-state index is 0.0741. The summed E-state index contributed by atoms with van der Waals surface area (Å²) < 4.78 is 19.6. The van der Waals surface area contributed by atoms with Gasteiger partial charge in [0.25, 0.3) is 11.8 Å². The van der Waals surface area contributed by atoms with Crippen molar-refractivity contribution < 1.29 is 18.9 Å². The van der Waals surface area contributed by atoms with Crippen LogP contribution in [0.2, 0.25) is 0 Å². The van der Waals surface area contributed by atoms with E-state index in [-0.39, 0.29) is 24.0 Å². The van der Waals surface area contributed by atoms with Crippen molar-refractivity contribution in [1.29, 1.82) is 0 Å². The molecule has 2 aliphatic heterocycles. The van der Waals surface area contributed by atoms with Crippen molar-refractivity contribution in [3.05, 3.63) is 60.3 Å². The summed E-state index contributed by atoms with van der Waals surface area (Å²) in [5, 5.41) is 10.1. The normalized spacial score (nSPS) is 22.3. The van der Waals surface area contributed by atoms with Crippen LogP contribution >= 0.6 is 0 Å². The molecule has 0 aromatic carbocycles. The lowest BCUT2D eigenvalue weighted by Gasteiger charge is -2.22. The first-order valence-corrected chi connectivity index (χ1v) is 13.1. The van der Waals surface area contributed by atoms with E-state index < -0.39 is 23.0 Å². The van der Waals surface area contributed by atoms with Gasteiger partial charge < -0.3 is 24.8 Å². The second-order valence-electron chi connectivity index (χ2n) is 8.45. The quantitative estimate of drug-likeness (QED) is 0.606. The summed E-state index contributed by atoms with van der Waals surface area (Å²) in [5.74, 6) is -0.108. The predicted molar refractivity (Wildman–Crippen MR) is 135 cm³/mol. The number of fused-ring (bicyclic) bond motifs is 3. The van der Waals surface area contributed by atoms with E-state index in [9.17, 15) is 14.1 Å². The van der Waals surface area contributed by atoms with Gasteiger partial charge in [0.05, 0.1) is 30.5 Å². The standard InChI is InChI=1S/C24H30N6O4S/c1-3-17-15-29(2)10-14-35(33)13-9-25-24(32)22-21(16-30(28-22)18-7-11-34-12-8-18)27-23(31)20-6-4-5-19(17)26-20/h3-6,15-16,18H,1,7-14H2,2H3,(H,25,32)(H,27,31)/b17-15+. The Balaban J connectivity index is 1.69. The van der Waals surface area contributed by atoms with Crippen LogP contribution in [0.25, 0.3) is 5.57 Å². The zero-order valence-electron chi connectivity index (χ0n) is 19.7. The molecule has 1 unspecified atom stereocenters. The average molecular weight is 499 g/mol. The molecule has 4 heterocycles. The number of carbonyl (C=O) groups is 2. The minimum atomic E-state index is -1.11. The predicted octanol–water partition coefficient (Wildman–Crippen LogP) is 1.83. The third kappa shape index (κ3) is 6.30. The van der Waals surface area contributed by atoms with Crippen molar-refractivity contribution in [2.24, 2.45) is 0 Å². The highest BCUT2D eigenvalue weighted by molar-refractivity contribution is 7.91. The second kappa shape index (κ2) is 11.5. The minimum Gasteiger partial charge on any atom is -0.616 e. The third-order valence-corrected chi connectivity index (χ3v) is 7.20. The maximum Gasteiger partial charge on any atom is 0.274 e. The fourth-order valence-electron chi connectivity index (χ4n) is 3.93. The molecule has 1 fully saturated rings. The van der Waals surface area contributed by atoms with Crippen molar-refractivity contribution >= 4 is 34.3 Å². The zero-order chi connectivity index (χ0) is 24.8. The van der Waals surface area contributed by atoms with E-state index in [1.807, 2.05) is 18.1 Å². The number of hydrogen-bond donors (Lipinski definition) is 2. The molecular weight excluding hydrogens is 468 g/mol. The first kappa shape index (κ1) is 25.0. The number of aromatic nitrogens is 3. The van der Waals surface area contributed by atoms with Gasteiger partial charge in [-0.05, 0) is 25.0 Å². The Hall–Kier alpha value is -3.15. The molecule has 1 saturated heterocycles. The molecule has 2 N–H and O–H groups in total. The molecule has 2 bridgehead atoms. The molecule has 4 rings (SSSR count). The van der Waals surface area contributed by atoms with Crippen LogP contribution in [-0.2, 0) is 15.9 Å². The number of anilines is 1. The van der Waals surface area contributed by atoms with Crippen molar-refractivity contribution in [3.63, 3.8) is 0 Å². The topological polar surface area (TPSA) is 124 Å². The van der Waals surface area contributed by atoms with Crippen molar-refractivity contribution in [2.75, 3.05) is 50.2 Å². The molecule has 10 nitrogen and oxygen atoms in total. The molecule has 1 atom stereocenters. The highest BCUT2D eigenvalue weighted by Crippen LogP contribution is 2.25. The number of hydrogen-bond acceptors (Lipinski definition) is 7. The van der Waals surface area contributed by atoms with Crippen molar-refractivity contribution in [3.8, 4) is 0 Å². The van der Waals surface area contributed by atoms with Gasteiger partial charge in [0.2, 0.25) is 0 Å². The van der Waals surface area contributed by atoms with E-state index in [1.54, 1.807) is 35.2 Å². The number of nitrogens with zero attached hydrogens (tertiary/aromatic N) is 4. The van der Waals surface area contributed by atoms with Crippen LogP contribution in [0.3, 0.4) is 0 Å². The van der Waals surface area contributed by atoms with Gasteiger partial charge in [-0.25, -0.2) is 4.98 Å². The highest BCUT2D eigenvalue weighted by Gasteiger charge is 2.24. The molecule has 11 heteroatoms. The Morgan fingerprint density at radius 3 is 2.74 bits per heavy atom. The number of nitrogens with one attached hydrogen (secondary N) is 2. The van der Waals surface area contributed by atoms with Gasteiger partial charge in [-0.3, -0.25) is 14.3 Å². The van der Waals surface area contributed by atoms with Gasteiger partial charge in [0.1, 0.15) is 17.2 Å². The highest BCUT2D eigenvalue weighted by atomic mass is 32.2. The second-order valence-corrected chi connectivity index (χ2v) is 10.1. The van der Waals surface area contributed by atoms with E-state index in [0.29, 0.717) is 42.6 Å². The Labute approximate surface area is 207 Å². The maximum atomic E-state index is 13.1. The van der Waals surface area contributed by atoms with Crippen molar-refractivity contribution in [2.45, 2.75) is 18.9 Å². The lowest BCUT2D eigenvalue weighted by Crippen LogP contribution is -2.32. The average Bonchev–Trinajstić information content (AvgIpc) is 3.30. The van der Waals surface area contributed by atoms with E-state index in [4.69, 9.17) is 4.74 Å².